The van der Waals surface area contributed by atoms with Crippen LogP contribution in [0.25, 0.3) is 0 Å². The molecule has 0 aromatic heterocycles. The van der Waals surface area contributed by atoms with Crippen LogP contribution in [-0.2, 0) is 15.8 Å². The van der Waals surface area contributed by atoms with E-state index >= 15 is 0 Å². The molecule has 0 aliphatic carbocycles. The summed E-state index contributed by atoms with van der Waals surface area (Å²) < 4.78 is 22.9. The van der Waals surface area contributed by atoms with Crippen molar-refractivity contribution in [3.63, 3.8) is 0 Å². The first-order chi connectivity index (χ1) is 3.30. The second-order valence-corrected chi connectivity index (χ2v) is 2.65. The Balaban J connectivity index is 0. The summed E-state index contributed by atoms with van der Waals surface area (Å²) >= 11 is -1.65. The van der Waals surface area contributed by atoms with E-state index in [9.17, 15) is 4.21 Å². The van der Waals surface area contributed by atoms with Crippen molar-refractivity contribution in [1.82, 2.24) is 0 Å². The summed E-state index contributed by atoms with van der Waals surface area (Å²) in [5.41, 5.74) is 0. The van der Waals surface area contributed by atoms with E-state index in [1.807, 2.05) is 0 Å². The van der Waals surface area contributed by atoms with E-state index in [1.54, 1.807) is 0 Å². The summed E-state index contributed by atoms with van der Waals surface area (Å²) in [5, 5.41) is -0.111. The molecule has 0 aromatic rings. The summed E-state index contributed by atoms with van der Waals surface area (Å²) in [6, 6.07) is 0. The molecule has 8 heavy (non-hydrogen) atoms. The van der Waals surface area contributed by atoms with Crippen molar-refractivity contribution in [1.29, 1.82) is 0 Å². The molecule has 1 aliphatic heterocycles. The fourth-order valence-corrected chi connectivity index (χ4v) is 0.756. The SMILES string of the molecule is O=S(O)C1COC1.[H-].[Na+]. The summed E-state index contributed by atoms with van der Waals surface area (Å²) in [7, 11) is 0. The van der Waals surface area contributed by atoms with E-state index in [0.29, 0.717) is 13.2 Å². The summed E-state index contributed by atoms with van der Waals surface area (Å²) in [5.74, 6) is 0. The van der Waals surface area contributed by atoms with Crippen molar-refractivity contribution >= 4 is 11.1 Å². The second-order valence-electron chi connectivity index (χ2n) is 1.44. The van der Waals surface area contributed by atoms with Gasteiger partial charge < -0.3 is 10.7 Å². The van der Waals surface area contributed by atoms with Crippen LogP contribution >= 0.6 is 0 Å². The summed E-state index contributed by atoms with van der Waals surface area (Å²) in [6.45, 7) is 0.895. The molecule has 0 aromatic carbocycles. The molecular formula is C3H7NaO3S. The Morgan fingerprint density at radius 3 is 2.25 bits per heavy atom. The average Bonchev–Trinajstić information content (AvgIpc) is 1.23. The Morgan fingerprint density at radius 2 is 2.25 bits per heavy atom. The van der Waals surface area contributed by atoms with Gasteiger partial charge in [-0.05, 0) is 0 Å². The van der Waals surface area contributed by atoms with Crippen LogP contribution in [0.1, 0.15) is 1.43 Å². The van der Waals surface area contributed by atoms with Crippen molar-refractivity contribution in [3.05, 3.63) is 0 Å². The molecule has 1 heterocycles. The fourth-order valence-electron chi connectivity index (χ4n) is 0.330. The van der Waals surface area contributed by atoms with Gasteiger partial charge in [0.05, 0.1) is 13.2 Å². The average molecular weight is 146 g/mol. The van der Waals surface area contributed by atoms with Crippen LogP contribution < -0.4 is 29.6 Å². The molecule has 1 rings (SSSR count). The van der Waals surface area contributed by atoms with E-state index in [0.717, 1.165) is 0 Å². The molecular weight excluding hydrogens is 139 g/mol. The molecule has 3 nitrogen and oxygen atoms in total. The van der Waals surface area contributed by atoms with Crippen LogP contribution in [0.3, 0.4) is 0 Å². The van der Waals surface area contributed by atoms with Crippen molar-refractivity contribution in [2.24, 2.45) is 0 Å². The van der Waals surface area contributed by atoms with Gasteiger partial charge in [0.15, 0.2) is 11.1 Å². The maximum absolute atomic E-state index is 10.0. The molecule has 0 bridgehead atoms. The minimum atomic E-state index is -1.65. The Labute approximate surface area is 73.9 Å². The van der Waals surface area contributed by atoms with E-state index in [4.69, 9.17) is 4.55 Å². The third-order valence-corrected chi connectivity index (χ3v) is 1.74. The molecule has 1 unspecified atom stereocenters. The smallest absolute Gasteiger partial charge is 1.00 e. The number of hydrogen-bond acceptors (Lipinski definition) is 2. The normalized spacial score (nSPS) is 23.1. The first-order valence-corrected chi connectivity index (χ1v) is 3.15. The van der Waals surface area contributed by atoms with Gasteiger partial charge in [0.2, 0.25) is 0 Å². The fraction of sp³-hybridized carbons (Fsp3) is 1.00. The first kappa shape index (κ1) is 9.07. The molecule has 1 fully saturated rings. The minimum absolute atomic E-state index is 0. The summed E-state index contributed by atoms with van der Waals surface area (Å²) in [6.07, 6.45) is 0. The third kappa shape index (κ3) is 2.13. The zero-order valence-corrected chi connectivity index (χ0v) is 7.48. The molecule has 5 heteroatoms. The van der Waals surface area contributed by atoms with Crippen LogP contribution in [0.2, 0.25) is 0 Å². The van der Waals surface area contributed by atoms with E-state index < -0.39 is 11.1 Å². The molecule has 0 radical (unpaired) electrons. The zero-order valence-electron chi connectivity index (χ0n) is 5.66. The van der Waals surface area contributed by atoms with E-state index in [1.165, 1.54) is 0 Å². The summed E-state index contributed by atoms with van der Waals surface area (Å²) in [4.78, 5) is 0. The van der Waals surface area contributed by atoms with Crippen LogP contribution in [0, 0.1) is 0 Å². The molecule has 1 N–H and O–H groups in total. The minimum Gasteiger partial charge on any atom is -1.00 e. The van der Waals surface area contributed by atoms with Crippen LogP contribution in [0.5, 0.6) is 0 Å². The Kier molecular flexibility index (Phi) is 4.51. The second kappa shape index (κ2) is 3.98. The van der Waals surface area contributed by atoms with Gasteiger partial charge in [0.25, 0.3) is 0 Å². The van der Waals surface area contributed by atoms with Gasteiger partial charge in [-0.2, -0.15) is 0 Å². The monoisotopic (exact) mass is 146 g/mol. The van der Waals surface area contributed by atoms with Gasteiger partial charge in [-0.15, -0.1) is 0 Å². The van der Waals surface area contributed by atoms with Gasteiger partial charge in [-0.3, -0.25) is 0 Å². The van der Waals surface area contributed by atoms with E-state index in [-0.39, 0.29) is 36.2 Å². The van der Waals surface area contributed by atoms with Gasteiger partial charge in [-0.1, -0.05) is 0 Å². The predicted octanol–water partition coefficient (Wildman–Crippen LogP) is -3.28. The molecule has 1 saturated heterocycles. The number of rotatable bonds is 1. The number of hydrogen-bond donors (Lipinski definition) is 1. The van der Waals surface area contributed by atoms with Crippen molar-refractivity contribution in [2.45, 2.75) is 5.25 Å². The third-order valence-electron chi connectivity index (χ3n) is 0.893. The standard InChI is InChI=1S/C3H6O3S.Na.H/c4-7(5)3-1-6-2-3;;/h3H,1-2H2,(H,4,5);;/q;+1;-1. The Morgan fingerprint density at radius 1 is 1.75 bits per heavy atom. The molecule has 1 atom stereocenters. The molecule has 1 aliphatic rings. The Bertz CT molecular complexity index is 97.1. The van der Waals surface area contributed by atoms with Crippen molar-refractivity contribution in [3.8, 4) is 0 Å². The van der Waals surface area contributed by atoms with Gasteiger partial charge >= 0.3 is 29.6 Å². The maximum atomic E-state index is 10.0. The van der Waals surface area contributed by atoms with Crippen LogP contribution in [-0.4, -0.2) is 27.2 Å². The largest absolute Gasteiger partial charge is 1.00 e. The van der Waals surface area contributed by atoms with Gasteiger partial charge in [0, 0.05) is 0 Å². The topological polar surface area (TPSA) is 46.5 Å². The van der Waals surface area contributed by atoms with Gasteiger partial charge in [0.1, 0.15) is 5.25 Å². The molecule has 0 amide bonds. The zero-order chi connectivity index (χ0) is 5.28. The van der Waals surface area contributed by atoms with E-state index in [2.05, 4.69) is 4.74 Å². The molecule has 0 spiro atoms. The Hall–Kier alpha value is 1.07. The molecule has 44 valence electrons. The van der Waals surface area contributed by atoms with Crippen LogP contribution in [0.4, 0.5) is 0 Å². The first-order valence-electron chi connectivity index (χ1n) is 1.98. The maximum Gasteiger partial charge on any atom is 1.00 e. The van der Waals surface area contributed by atoms with Crippen LogP contribution in [0.15, 0.2) is 0 Å². The number of ether oxygens (including phenoxy) is 1. The van der Waals surface area contributed by atoms with Crippen molar-refractivity contribution < 1.29 is 44.5 Å². The van der Waals surface area contributed by atoms with Crippen molar-refractivity contribution in [2.75, 3.05) is 13.2 Å². The quantitative estimate of drug-likeness (QED) is 0.312. The predicted molar refractivity (Wildman–Crippen MR) is 26.5 cm³/mol. The van der Waals surface area contributed by atoms with Gasteiger partial charge in [-0.25, -0.2) is 4.21 Å². The molecule has 0 saturated carbocycles.